The van der Waals surface area contributed by atoms with Crippen LogP contribution in [-0.4, -0.2) is 47.9 Å². The van der Waals surface area contributed by atoms with Gasteiger partial charge in [0.05, 0.1) is 18.8 Å². The number of nitrogens with zero attached hydrogens (tertiary/aromatic N) is 1. The van der Waals surface area contributed by atoms with Gasteiger partial charge in [-0.15, -0.1) is 6.58 Å². The first-order valence-corrected chi connectivity index (χ1v) is 7.22. The van der Waals surface area contributed by atoms with Crippen molar-refractivity contribution in [2.75, 3.05) is 31.6 Å². The highest BCUT2D eigenvalue weighted by molar-refractivity contribution is 7.99. The number of anilines is 1. The number of carbonyl (C=O) groups excluding carboxylic acids is 1. The fourth-order valence-electron chi connectivity index (χ4n) is 1.72. The van der Waals surface area contributed by atoms with Gasteiger partial charge in [0, 0.05) is 18.0 Å². The number of nitrogens with one attached hydrogen (secondary N) is 1. The minimum absolute atomic E-state index is 0.0558. The van der Waals surface area contributed by atoms with Crippen LogP contribution >= 0.6 is 11.8 Å². The van der Waals surface area contributed by atoms with Crippen molar-refractivity contribution < 1.29 is 18.7 Å². The Bertz CT molecular complexity index is 472. The highest BCUT2D eigenvalue weighted by Gasteiger charge is 2.13. The number of halogens is 2. The molecule has 1 amide bonds. The molecular weight excluding hydrogens is 298 g/mol. The first-order valence-electron chi connectivity index (χ1n) is 6.34. The van der Waals surface area contributed by atoms with Gasteiger partial charge in [-0.1, -0.05) is 30.0 Å². The molecule has 0 radical (unpaired) electrons. The zero-order chi connectivity index (χ0) is 15.7. The van der Waals surface area contributed by atoms with Crippen molar-refractivity contribution in [1.82, 2.24) is 4.90 Å². The van der Waals surface area contributed by atoms with Crippen molar-refractivity contribution in [3.8, 4) is 0 Å². The van der Waals surface area contributed by atoms with E-state index in [-0.39, 0.29) is 19.1 Å². The molecule has 0 bridgehead atoms. The molecule has 7 heteroatoms. The van der Waals surface area contributed by atoms with E-state index in [9.17, 15) is 13.6 Å². The molecule has 1 rings (SSSR count). The molecule has 0 unspecified atom stereocenters. The zero-order valence-corrected chi connectivity index (χ0v) is 12.3. The summed E-state index contributed by atoms with van der Waals surface area (Å²) in [5.74, 6) is -2.87. The number of aliphatic hydroxyl groups is 1. The number of para-hydroxylation sites is 1. The third-order valence-electron chi connectivity index (χ3n) is 2.55. The Labute approximate surface area is 126 Å². The fourth-order valence-corrected chi connectivity index (χ4v) is 2.32. The predicted molar refractivity (Wildman–Crippen MR) is 80.7 cm³/mol. The maximum atomic E-state index is 12.5. The van der Waals surface area contributed by atoms with Crippen molar-refractivity contribution >= 4 is 23.4 Å². The van der Waals surface area contributed by atoms with Crippen molar-refractivity contribution in [3.63, 3.8) is 0 Å². The number of aliphatic hydroxyl groups excluding tert-OH is 1. The zero-order valence-electron chi connectivity index (χ0n) is 11.5. The molecule has 0 atom stereocenters. The van der Waals surface area contributed by atoms with Crippen LogP contribution in [0, 0.1) is 0 Å². The van der Waals surface area contributed by atoms with Gasteiger partial charge in [-0.05, 0) is 12.1 Å². The first-order chi connectivity index (χ1) is 10.1. The third kappa shape index (κ3) is 6.70. The summed E-state index contributed by atoms with van der Waals surface area (Å²) in [7, 11) is 0. The van der Waals surface area contributed by atoms with E-state index >= 15 is 0 Å². The van der Waals surface area contributed by atoms with E-state index in [2.05, 4.69) is 11.9 Å². The summed E-state index contributed by atoms with van der Waals surface area (Å²) < 4.78 is 24.9. The Balaban J connectivity index is 2.67. The summed E-state index contributed by atoms with van der Waals surface area (Å²) in [6.07, 6.45) is 1.63. The van der Waals surface area contributed by atoms with Gasteiger partial charge in [0.1, 0.15) is 0 Å². The summed E-state index contributed by atoms with van der Waals surface area (Å²) in [5.41, 5.74) is 0.357. The molecule has 0 heterocycles. The molecule has 4 nitrogen and oxygen atoms in total. The molecule has 0 spiro atoms. The number of amides is 1. The van der Waals surface area contributed by atoms with Gasteiger partial charge in [-0.2, -0.15) is 8.78 Å². The normalized spacial score (nSPS) is 10.9. The molecular formula is C14H18F2N2O2S. The summed E-state index contributed by atoms with van der Waals surface area (Å²) in [6.45, 7) is 4.36. The molecule has 2 N–H and O–H groups in total. The van der Waals surface area contributed by atoms with Crippen LogP contribution in [0.2, 0.25) is 0 Å². The average molecular weight is 316 g/mol. The van der Waals surface area contributed by atoms with Gasteiger partial charge in [0.25, 0.3) is 5.76 Å². The lowest BCUT2D eigenvalue weighted by molar-refractivity contribution is -0.117. The summed E-state index contributed by atoms with van der Waals surface area (Å²) in [5, 5.41) is 11.5. The van der Waals surface area contributed by atoms with E-state index in [0.717, 1.165) is 0 Å². The first kappa shape index (κ1) is 17.6. The average Bonchev–Trinajstić information content (AvgIpc) is 2.41. The topological polar surface area (TPSA) is 52.6 Å². The van der Waals surface area contributed by atoms with Crippen LogP contribution in [0.15, 0.2) is 41.8 Å². The second-order valence-corrected chi connectivity index (χ2v) is 5.20. The summed E-state index contributed by atoms with van der Waals surface area (Å²) in [6, 6.07) is 6.41. The maximum Gasteiger partial charge on any atom is 0.288 e. The van der Waals surface area contributed by atoms with E-state index in [1.165, 1.54) is 6.07 Å². The van der Waals surface area contributed by atoms with Crippen LogP contribution in [-0.2, 0) is 4.79 Å². The minimum Gasteiger partial charge on any atom is -0.395 e. The Morgan fingerprint density at radius 1 is 1.48 bits per heavy atom. The van der Waals surface area contributed by atoms with Crippen molar-refractivity contribution in [2.45, 2.75) is 10.7 Å². The van der Waals surface area contributed by atoms with Crippen LogP contribution in [0.25, 0.3) is 0 Å². The molecule has 21 heavy (non-hydrogen) atoms. The lowest BCUT2D eigenvalue weighted by Gasteiger charge is -2.19. The SMILES string of the molecule is C=CCN(CCO)CC(=O)Nc1ccccc1SC(F)F. The van der Waals surface area contributed by atoms with Crippen LogP contribution in [0.4, 0.5) is 14.5 Å². The molecule has 1 aromatic carbocycles. The van der Waals surface area contributed by atoms with E-state index < -0.39 is 5.76 Å². The van der Waals surface area contributed by atoms with E-state index in [1.54, 1.807) is 29.2 Å². The molecule has 0 aliphatic rings. The van der Waals surface area contributed by atoms with Crippen LogP contribution in [0.1, 0.15) is 0 Å². The highest BCUT2D eigenvalue weighted by Crippen LogP contribution is 2.31. The summed E-state index contributed by atoms with van der Waals surface area (Å²) in [4.78, 5) is 14.0. The van der Waals surface area contributed by atoms with E-state index in [1.807, 2.05) is 0 Å². The standard InChI is InChI=1S/C14H18F2N2O2S/c1-2-7-18(8-9-19)10-13(20)17-11-5-3-4-6-12(11)21-14(15)16/h2-6,14,19H,1,7-10H2,(H,17,20). The smallest absolute Gasteiger partial charge is 0.288 e. The van der Waals surface area contributed by atoms with Crippen molar-refractivity contribution in [1.29, 1.82) is 0 Å². The van der Waals surface area contributed by atoms with Crippen molar-refractivity contribution in [2.24, 2.45) is 0 Å². The highest BCUT2D eigenvalue weighted by atomic mass is 32.2. The number of carbonyl (C=O) groups is 1. The second kappa shape index (κ2) is 9.49. The molecule has 0 aromatic heterocycles. The van der Waals surface area contributed by atoms with E-state index in [4.69, 9.17) is 5.11 Å². The van der Waals surface area contributed by atoms with Crippen LogP contribution in [0.5, 0.6) is 0 Å². The van der Waals surface area contributed by atoms with Gasteiger partial charge in [-0.25, -0.2) is 0 Å². The fraction of sp³-hybridized carbons (Fsp3) is 0.357. The molecule has 0 fully saturated rings. The summed E-state index contributed by atoms with van der Waals surface area (Å²) >= 11 is 0.389. The number of hydrogen-bond acceptors (Lipinski definition) is 4. The van der Waals surface area contributed by atoms with Gasteiger partial charge in [0.2, 0.25) is 5.91 Å². The Hall–Kier alpha value is -1.44. The molecule has 1 aromatic rings. The monoisotopic (exact) mass is 316 g/mol. The van der Waals surface area contributed by atoms with Crippen LogP contribution < -0.4 is 5.32 Å². The van der Waals surface area contributed by atoms with E-state index in [0.29, 0.717) is 35.4 Å². The molecule has 0 aliphatic carbocycles. The second-order valence-electron chi connectivity index (χ2n) is 4.17. The van der Waals surface area contributed by atoms with Gasteiger partial charge >= 0.3 is 0 Å². The third-order valence-corrected chi connectivity index (χ3v) is 3.34. The van der Waals surface area contributed by atoms with Gasteiger partial charge in [0.15, 0.2) is 0 Å². The van der Waals surface area contributed by atoms with Gasteiger partial charge < -0.3 is 10.4 Å². The molecule has 0 aliphatic heterocycles. The van der Waals surface area contributed by atoms with Gasteiger partial charge in [-0.3, -0.25) is 9.69 Å². The van der Waals surface area contributed by atoms with Crippen molar-refractivity contribution in [3.05, 3.63) is 36.9 Å². The Morgan fingerprint density at radius 2 is 2.19 bits per heavy atom. The van der Waals surface area contributed by atoms with Crippen LogP contribution in [0.3, 0.4) is 0 Å². The maximum absolute atomic E-state index is 12.5. The number of hydrogen-bond donors (Lipinski definition) is 2. The lowest BCUT2D eigenvalue weighted by atomic mass is 10.3. The Kier molecular flexibility index (Phi) is 7.96. The lowest BCUT2D eigenvalue weighted by Crippen LogP contribution is -2.35. The molecule has 116 valence electrons. The number of benzene rings is 1. The number of alkyl halides is 2. The number of thioether (sulfide) groups is 1. The predicted octanol–water partition coefficient (Wildman–Crippen LogP) is 2.42. The largest absolute Gasteiger partial charge is 0.395 e. The molecule has 0 saturated carbocycles. The number of rotatable bonds is 9. The Morgan fingerprint density at radius 3 is 2.81 bits per heavy atom. The minimum atomic E-state index is -2.55. The molecule has 0 saturated heterocycles. The quantitative estimate of drug-likeness (QED) is 0.543.